The first-order chi connectivity index (χ1) is 4.93. The molecule has 3 unspecified atom stereocenters. The molecule has 0 aliphatic heterocycles. The second kappa shape index (κ2) is 2.70. The maximum atomic E-state index is 12.3. The molecule has 1 aliphatic rings. The minimum atomic E-state index is -2.43. The molecular formula is C8H14F2O. The van der Waals surface area contributed by atoms with Crippen molar-refractivity contribution in [3.63, 3.8) is 0 Å². The van der Waals surface area contributed by atoms with E-state index < -0.39 is 17.9 Å². The summed E-state index contributed by atoms with van der Waals surface area (Å²) in [6.45, 7) is 3.45. The number of rotatable bonds is 3. The van der Waals surface area contributed by atoms with Gasteiger partial charge in [0.25, 0.3) is 5.92 Å². The van der Waals surface area contributed by atoms with Gasteiger partial charge in [-0.15, -0.1) is 0 Å². The van der Waals surface area contributed by atoms with Gasteiger partial charge in [-0.1, -0.05) is 6.92 Å². The lowest BCUT2D eigenvalue weighted by atomic mass is 9.99. The van der Waals surface area contributed by atoms with Crippen LogP contribution >= 0.6 is 0 Å². The number of halogens is 2. The zero-order valence-corrected chi connectivity index (χ0v) is 6.85. The first-order valence-corrected chi connectivity index (χ1v) is 3.99. The minimum Gasteiger partial charge on any atom is -0.393 e. The van der Waals surface area contributed by atoms with Crippen LogP contribution in [-0.2, 0) is 0 Å². The van der Waals surface area contributed by atoms with Gasteiger partial charge in [0, 0.05) is 12.3 Å². The average Bonchev–Trinajstić information content (AvgIpc) is 2.39. The van der Waals surface area contributed by atoms with Crippen LogP contribution in [0.2, 0.25) is 0 Å². The molecule has 1 fully saturated rings. The number of alkyl halides is 2. The SMILES string of the molecule is CC(O)C(C)CC1CC1(F)F. The lowest BCUT2D eigenvalue weighted by molar-refractivity contribution is 0.0777. The molecule has 3 atom stereocenters. The van der Waals surface area contributed by atoms with Crippen LogP contribution in [0.1, 0.15) is 26.7 Å². The van der Waals surface area contributed by atoms with Crippen molar-refractivity contribution >= 4 is 0 Å². The van der Waals surface area contributed by atoms with Gasteiger partial charge >= 0.3 is 0 Å². The summed E-state index contributed by atoms with van der Waals surface area (Å²) < 4.78 is 24.7. The third-order valence-corrected chi connectivity index (χ3v) is 2.44. The van der Waals surface area contributed by atoms with Gasteiger partial charge in [0.2, 0.25) is 0 Å². The summed E-state index contributed by atoms with van der Waals surface area (Å²) in [6.07, 6.45) is 0.000694. The van der Waals surface area contributed by atoms with Crippen molar-refractivity contribution in [3.05, 3.63) is 0 Å². The van der Waals surface area contributed by atoms with Crippen LogP contribution in [0, 0.1) is 11.8 Å². The van der Waals surface area contributed by atoms with E-state index in [-0.39, 0.29) is 12.3 Å². The van der Waals surface area contributed by atoms with E-state index in [0.29, 0.717) is 6.42 Å². The summed E-state index contributed by atoms with van der Waals surface area (Å²) in [5, 5.41) is 9.02. The van der Waals surface area contributed by atoms with Crippen molar-refractivity contribution in [1.82, 2.24) is 0 Å². The van der Waals surface area contributed by atoms with E-state index in [4.69, 9.17) is 5.11 Å². The maximum absolute atomic E-state index is 12.3. The Morgan fingerprint density at radius 3 is 2.27 bits per heavy atom. The predicted octanol–water partition coefficient (Wildman–Crippen LogP) is 2.05. The lowest BCUT2D eigenvalue weighted by Crippen LogP contribution is -2.14. The number of aliphatic hydroxyl groups excluding tert-OH is 1. The highest BCUT2D eigenvalue weighted by molar-refractivity contribution is 4.95. The van der Waals surface area contributed by atoms with E-state index in [9.17, 15) is 8.78 Å². The summed E-state index contributed by atoms with van der Waals surface area (Å²) >= 11 is 0. The Kier molecular flexibility index (Phi) is 2.19. The van der Waals surface area contributed by atoms with Crippen molar-refractivity contribution in [2.75, 3.05) is 0 Å². The fourth-order valence-electron chi connectivity index (χ4n) is 1.17. The van der Waals surface area contributed by atoms with Crippen molar-refractivity contribution in [2.24, 2.45) is 11.8 Å². The van der Waals surface area contributed by atoms with Crippen LogP contribution in [-0.4, -0.2) is 17.1 Å². The van der Waals surface area contributed by atoms with E-state index in [2.05, 4.69) is 0 Å². The molecular weight excluding hydrogens is 150 g/mol. The molecule has 1 aliphatic carbocycles. The smallest absolute Gasteiger partial charge is 0.251 e. The molecule has 0 aromatic heterocycles. The Morgan fingerprint density at radius 1 is 1.55 bits per heavy atom. The van der Waals surface area contributed by atoms with Gasteiger partial charge in [-0.2, -0.15) is 0 Å². The van der Waals surface area contributed by atoms with E-state index >= 15 is 0 Å². The normalized spacial score (nSPS) is 33.0. The Labute approximate surface area is 65.4 Å². The zero-order chi connectivity index (χ0) is 8.65. The largest absolute Gasteiger partial charge is 0.393 e. The molecule has 0 spiro atoms. The minimum absolute atomic E-state index is 0.00613. The summed E-state index contributed by atoms with van der Waals surface area (Å²) in [7, 11) is 0. The van der Waals surface area contributed by atoms with Gasteiger partial charge in [-0.25, -0.2) is 8.78 Å². The topological polar surface area (TPSA) is 20.2 Å². The number of aliphatic hydroxyl groups is 1. The molecule has 0 saturated heterocycles. The number of hydrogen-bond acceptors (Lipinski definition) is 1. The van der Waals surface area contributed by atoms with Crippen LogP contribution in [0.15, 0.2) is 0 Å². The van der Waals surface area contributed by atoms with Crippen LogP contribution < -0.4 is 0 Å². The molecule has 1 nitrogen and oxygen atoms in total. The van der Waals surface area contributed by atoms with Gasteiger partial charge in [0.1, 0.15) is 0 Å². The van der Waals surface area contributed by atoms with Gasteiger partial charge in [0.15, 0.2) is 0 Å². The molecule has 11 heavy (non-hydrogen) atoms. The zero-order valence-electron chi connectivity index (χ0n) is 6.85. The maximum Gasteiger partial charge on any atom is 0.251 e. The Morgan fingerprint density at radius 2 is 2.00 bits per heavy atom. The molecule has 0 radical (unpaired) electrons. The predicted molar refractivity (Wildman–Crippen MR) is 38.5 cm³/mol. The summed E-state index contributed by atoms with van der Waals surface area (Å²) in [5.41, 5.74) is 0. The van der Waals surface area contributed by atoms with Crippen LogP contribution in [0.4, 0.5) is 8.78 Å². The molecule has 1 N–H and O–H groups in total. The quantitative estimate of drug-likeness (QED) is 0.676. The third-order valence-electron chi connectivity index (χ3n) is 2.44. The molecule has 0 aromatic rings. The van der Waals surface area contributed by atoms with Crippen molar-refractivity contribution in [1.29, 1.82) is 0 Å². The molecule has 0 amide bonds. The summed E-state index contributed by atoms with van der Waals surface area (Å²) in [4.78, 5) is 0. The van der Waals surface area contributed by atoms with Crippen LogP contribution in [0.5, 0.6) is 0 Å². The van der Waals surface area contributed by atoms with E-state index in [1.807, 2.05) is 0 Å². The van der Waals surface area contributed by atoms with Gasteiger partial charge in [-0.3, -0.25) is 0 Å². The second-order valence-electron chi connectivity index (χ2n) is 3.62. The van der Waals surface area contributed by atoms with Crippen molar-refractivity contribution in [3.8, 4) is 0 Å². The van der Waals surface area contributed by atoms with E-state index in [1.54, 1.807) is 13.8 Å². The number of hydrogen-bond donors (Lipinski definition) is 1. The van der Waals surface area contributed by atoms with Crippen molar-refractivity contribution < 1.29 is 13.9 Å². The molecule has 0 aromatic carbocycles. The fourth-order valence-corrected chi connectivity index (χ4v) is 1.17. The van der Waals surface area contributed by atoms with Crippen molar-refractivity contribution in [2.45, 2.75) is 38.7 Å². The first kappa shape index (κ1) is 8.91. The van der Waals surface area contributed by atoms with Gasteiger partial charge in [0.05, 0.1) is 6.10 Å². The molecule has 3 heteroatoms. The Balaban J connectivity index is 2.23. The molecule has 0 bridgehead atoms. The van der Waals surface area contributed by atoms with Gasteiger partial charge in [-0.05, 0) is 19.3 Å². The van der Waals surface area contributed by atoms with E-state index in [1.165, 1.54) is 0 Å². The first-order valence-electron chi connectivity index (χ1n) is 3.99. The van der Waals surface area contributed by atoms with E-state index in [0.717, 1.165) is 0 Å². The lowest BCUT2D eigenvalue weighted by Gasteiger charge is -2.13. The highest BCUT2D eigenvalue weighted by Gasteiger charge is 2.56. The highest BCUT2D eigenvalue weighted by Crippen LogP contribution is 2.52. The molecule has 66 valence electrons. The monoisotopic (exact) mass is 164 g/mol. The fraction of sp³-hybridized carbons (Fsp3) is 1.00. The second-order valence-corrected chi connectivity index (χ2v) is 3.62. The Hall–Kier alpha value is -0.180. The standard InChI is InChI=1S/C8H14F2O/c1-5(6(2)11)3-7-4-8(7,9)10/h5-7,11H,3-4H2,1-2H3. The molecule has 1 saturated carbocycles. The molecule has 1 rings (SSSR count). The third kappa shape index (κ3) is 2.12. The Bertz CT molecular complexity index is 145. The van der Waals surface area contributed by atoms with Gasteiger partial charge < -0.3 is 5.11 Å². The van der Waals surface area contributed by atoms with Crippen LogP contribution in [0.3, 0.4) is 0 Å². The highest BCUT2D eigenvalue weighted by atomic mass is 19.3. The average molecular weight is 164 g/mol. The molecule has 0 heterocycles. The van der Waals surface area contributed by atoms with Crippen LogP contribution in [0.25, 0.3) is 0 Å². The summed E-state index contributed by atoms with van der Waals surface area (Å²) in [5.74, 6) is -2.90. The summed E-state index contributed by atoms with van der Waals surface area (Å²) in [6, 6.07) is 0.